The number of nitrogens with zero attached hydrogens (tertiary/aromatic N) is 2. The molecule has 160 valence electrons. The van der Waals surface area contributed by atoms with Crippen molar-refractivity contribution in [1.29, 1.82) is 0 Å². The first-order valence-electron chi connectivity index (χ1n) is 8.75. The Hall–Kier alpha value is -3.82. The molecule has 0 bridgehead atoms. The Morgan fingerprint density at radius 1 is 1.03 bits per heavy atom. The van der Waals surface area contributed by atoms with E-state index in [0.717, 1.165) is 17.7 Å². The minimum atomic E-state index is -1.02. The second-order valence-electron chi connectivity index (χ2n) is 6.16. The number of carbonyl (C=O) groups excluding carboxylic acids is 2. The molecule has 30 heavy (non-hydrogen) atoms. The van der Waals surface area contributed by atoms with Crippen LogP contribution in [0.5, 0.6) is 17.2 Å². The molecule has 0 aliphatic carbocycles. The predicted molar refractivity (Wildman–Crippen MR) is 106 cm³/mol. The first kappa shape index (κ1) is 22.5. The predicted octanol–water partition coefficient (Wildman–Crippen LogP) is 2.44. The maximum atomic E-state index is 12.4. The molecule has 0 spiro atoms. The van der Waals surface area contributed by atoms with Gasteiger partial charge in [-0.2, -0.15) is 0 Å². The minimum absolute atomic E-state index is 0.0925. The number of rotatable bonds is 9. The van der Waals surface area contributed by atoms with Gasteiger partial charge in [0.05, 0.1) is 32.3 Å². The highest BCUT2D eigenvalue weighted by Gasteiger charge is 2.26. The highest BCUT2D eigenvalue weighted by atomic mass is 16.6. The van der Waals surface area contributed by atoms with E-state index in [1.165, 1.54) is 19.1 Å². The van der Waals surface area contributed by atoms with Crippen molar-refractivity contribution in [2.24, 2.45) is 0 Å². The first-order valence-corrected chi connectivity index (χ1v) is 8.75. The Bertz CT molecular complexity index is 944. The molecule has 0 aromatic heterocycles. The molecule has 1 amide bonds. The van der Waals surface area contributed by atoms with Crippen LogP contribution in [0.3, 0.4) is 0 Å². The zero-order valence-corrected chi connectivity index (χ0v) is 17.0. The molecule has 10 nitrogen and oxygen atoms in total. The molecule has 0 fully saturated rings. The summed E-state index contributed by atoms with van der Waals surface area (Å²) in [6, 6.07) is 9.38. The number of nitro groups is 1. The molecule has 2 aromatic rings. The zero-order chi connectivity index (χ0) is 22.3. The third-order valence-electron chi connectivity index (χ3n) is 4.22. The Kier molecular flexibility index (Phi) is 7.56. The largest absolute Gasteiger partial charge is 0.497 e. The lowest BCUT2D eigenvalue weighted by atomic mass is 10.1. The van der Waals surface area contributed by atoms with Crippen LogP contribution in [0.2, 0.25) is 0 Å². The van der Waals surface area contributed by atoms with E-state index in [1.54, 1.807) is 32.4 Å². The van der Waals surface area contributed by atoms with Gasteiger partial charge in [0, 0.05) is 19.7 Å². The Morgan fingerprint density at radius 3 is 2.30 bits per heavy atom. The summed E-state index contributed by atoms with van der Waals surface area (Å²) in [6.07, 6.45) is 0. The topological polar surface area (TPSA) is 117 Å². The molecule has 0 aliphatic heterocycles. The van der Waals surface area contributed by atoms with Crippen LogP contribution in [-0.4, -0.2) is 56.7 Å². The third-order valence-corrected chi connectivity index (χ3v) is 4.22. The number of methoxy groups -OCH3 is 3. The molecular formula is C20H22N2O8. The van der Waals surface area contributed by atoms with Gasteiger partial charge in [0.1, 0.15) is 11.3 Å². The van der Waals surface area contributed by atoms with Gasteiger partial charge in [-0.1, -0.05) is 12.1 Å². The number of esters is 1. The fourth-order valence-corrected chi connectivity index (χ4v) is 2.63. The SMILES string of the molecule is COc1cccc(CN(C)C(=O)COC(=O)c2cc(OC)c(OC)cc2[N+](=O)[O-])c1. The van der Waals surface area contributed by atoms with Crippen LogP contribution in [0, 0.1) is 10.1 Å². The maximum Gasteiger partial charge on any atom is 0.345 e. The lowest BCUT2D eigenvalue weighted by Gasteiger charge is -2.17. The highest BCUT2D eigenvalue weighted by Crippen LogP contribution is 2.34. The van der Waals surface area contributed by atoms with Gasteiger partial charge in [-0.3, -0.25) is 14.9 Å². The van der Waals surface area contributed by atoms with Crippen molar-refractivity contribution in [3.63, 3.8) is 0 Å². The van der Waals surface area contributed by atoms with Crippen LogP contribution in [0.4, 0.5) is 5.69 Å². The number of likely N-dealkylation sites (N-methyl/N-ethyl adjacent to an activating group) is 1. The second-order valence-corrected chi connectivity index (χ2v) is 6.16. The fourth-order valence-electron chi connectivity index (χ4n) is 2.63. The van der Waals surface area contributed by atoms with Crippen LogP contribution in [0.25, 0.3) is 0 Å². The molecule has 0 atom stereocenters. The van der Waals surface area contributed by atoms with E-state index in [1.807, 2.05) is 6.07 Å². The summed E-state index contributed by atoms with van der Waals surface area (Å²) in [5.74, 6) is -0.632. The maximum absolute atomic E-state index is 12.4. The summed E-state index contributed by atoms with van der Waals surface area (Å²) < 4.78 is 20.2. The number of hydrogen-bond donors (Lipinski definition) is 0. The molecule has 0 saturated heterocycles. The van der Waals surface area contributed by atoms with Crippen LogP contribution in [-0.2, 0) is 16.1 Å². The lowest BCUT2D eigenvalue weighted by Crippen LogP contribution is -2.30. The van der Waals surface area contributed by atoms with Crippen molar-refractivity contribution in [1.82, 2.24) is 4.90 Å². The van der Waals surface area contributed by atoms with Gasteiger partial charge in [0.15, 0.2) is 18.1 Å². The number of nitro benzene ring substituents is 1. The molecule has 0 aliphatic rings. The van der Waals surface area contributed by atoms with E-state index in [9.17, 15) is 19.7 Å². The second kappa shape index (κ2) is 10.1. The summed E-state index contributed by atoms with van der Waals surface area (Å²) in [6.45, 7) is -0.311. The molecule has 0 unspecified atom stereocenters. The highest BCUT2D eigenvalue weighted by molar-refractivity contribution is 5.96. The van der Waals surface area contributed by atoms with Gasteiger partial charge >= 0.3 is 5.97 Å². The number of carbonyl (C=O) groups is 2. The van der Waals surface area contributed by atoms with E-state index < -0.39 is 29.1 Å². The molecule has 0 radical (unpaired) electrons. The standard InChI is InChI=1S/C20H22N2O8/c1-21(11-13-6-5-7-14(8-13)27-2)19(23)12-30-20(24)15-9-17(28-3)18(29-4)10-16(15)22(25)26/h5-10H,11-12H2,1-4H3. The summed E-state index contributed by atoms with van der Waals surface area (Å²) in [5.41, 5.74) is -0.0391. The Morgan fingerprint density at radius 2 is 1.70 bits per heavy atom. The van der Waals surface area contributed by atoms with Gasteiger partial charge in [0.25, 0.3) is 11.6 Å². The molecule has 2 aromatic carbocycles. The van der Waals surface area contributed by atoms with Crippen molar-refractivity contribution in [3.8, 4) is 17.2 Å². The normalized spacial score (nSPS) is 10.1. The lowest BCUT2D eigenvalue weighted by molar-refractivity contribution is -0.385. The van der Waals surface area contributed by atoms with Crippen LogP contribution >= 0.6 is 0 Å². The molecule has 0 heterocycles. The molecule has 10 heteroatoms. The van der Waals surface area contributed by atoms with Crippen LogP contribution in [0.1, 0.15) is 15.9 Å². The van der Waals surface area contributed by atoms with E-state index in [2.05, 4.69) is 0 Å². The van der Waals surface area contributed by atoms with Gasteiger partial charge in [-0.05, 0) is 17.7 Å². The molecule has 2 rings (SSSR count). The average Bonchev–Trinajstić information content (AvgIpc) is 2.75. The third kappa shape index (κ3) is 5.37. The van der Waals surface area contributed by atoms with Crippen molar-refractivity contribution in [2.45, 2.75) is 6.54 Å². The number of benzene rings is 2. The molecule has 0 N–H and O–H groups in total. The molecular weight excluding hydrogens is 396 g/mol. The Balaban J connectivity index is 2.08. The van der Waals surface area contributed by atoms with E-state index in [-0.39, 0.29) is 23.6 Å². The summed E-state index contributed by atoms with van der Waals surface area (Å²) >= 11 is 0. The van der Waals surface area contributed by atoms with E-state index in [4.69, 9.17) is 18.9 Å². The zero-order valence-electron chi connectivity index (χ0n) is 17.0. The van der Waals surface area contributed by atoms with E-state index in [0.29, 0.717) is 5.75 Å². The van der Waals surface area contributed by atoms with Crippen molar-refractivity contribution < 1.29 is 33.5 Å². The van der Waals surface area contributed by atoms with E-state index >= 15 is 0 Å². The van der Waals surface area contributed by atoms with Crippen LogP contribution < -0.4 is 14.2 Å². The van der Waals surface area contributed by atoms with Crippen LogP contribution in [0.15, 0.2) is 36.4 Å². The summed E-state index contributed by atoms with van der Waals surface area (Å²) in [4.78, 5) is 36.7. The Labute approximate surface area is 173 Å². The minimum Gasteiger partial charge on any atom is -0.497 e. The number of amides is 1. The monoisotopic (exact) mass is 418 g/mol. The molecule has 0 saturated carbocycles. The van der Waals surface area contributed by atoms with Gasteiger partial charge in [-0.15, -0.1) is 0 Å². The van der Waals surface area contributed by atoms with Gasteiger partial charge in [0.2, 0.25) is 0 Å². The first-order chi connectivity index (χ1) is 14.3. The summed E-state index contributed by atoms with van der Waals surface area (Å²) in [7, 11) is 5.74. The number of ether oxygens (including phenoxy) is 4. The van der Waals surface area contributed by atoms with Crippen molar-refractivity contribution >= 4 is 17.6 Å². The quantitative estimate of drug-likeness (QED) is 0.346. The smallest absolute Gasteiger partial charge is 0.345 e. The average molecular weight is 418 g/mol. The fraction of sp³-hybridized carbons (Fsp3) is 0.300. The number of hydrogen-bond acceptors (Lipinski definition) is 8. The van der Waals surface area contributed by atoms with Crippen molar-refractivity contribution in [2.75, 3.05) is 35.0 Å². The van der Waals surface area contributed by atoms with Gasteiger partial charge < -0.3 is 23.8 Å². The summed E-state index contributed by atoms with van der Waals surface area (Å²) in [5, 5.41) is 11.3. The van der Waals surface area contributed by atoms with Gasteiger partial charge in [-0.25, -0.2) is 4.79 Å². The van der Waals surface area contributed by atoms with Crippen molar-refractivity contribution in [3.05, 3.63) is 57.6 Å².